The number of hydrogen-bond donors (Lipinski definition) is 1. The Balaban J connectivity index is 1.57. The minimum Gasteiger partial charge on any atom is -0.505 e. The standard InChI is InChI=1S/C22H21NO3/c24-19(13-7-12-16-8-3-1-4-9-16)20-21(25)18(23-22(20)26)15-14-17-10-5-2-6-11-17/h1-6,8-11,25H,7,12-15H2. The SMILES string of the molecule is O=C(CCCc1ccccc1)C1=C(O)C(CCc2ccccc2)=NC1=O. The molecular formula is C22H21NO3. The molecule has 3 rings (SSSR count). The van der Waals surface area contributed by atoms with Gasteiger partial charge in [-0.2, -0.15) is 0 Å². The van der Waals surface area contributed by atoms with Crippen LogP contribution in [-0.2, 0) is 22.4 Å². The van der Waals surface area contributed by atoms with E-state index >= 15 is 0 Å². The van der Waals surface area contributed by atoms with Gasteiger partial charge in [0.2, 0.25) is 0 Å². The van der Waals surface area contributed by atoms with Crippen LogP contribution in [0.1, 0.15) is 30.4 Å². The molecule has 0 aliphatic carbocycles. The molecular weight excluding hydrogens is 326 g/mol. The molecule has 1 aliphatic heterocycles. The van der Waals surface area contributed by atoms with E-state index in [2.05, 4.69) is 4.99 Å². The number of rotatable bonds is 8. The number of aliphatic hydroxyl groups excluding tert-OH is 1. The molecule has 132 valence electrons. The summed E-state index contributed by atoms with van der Waals surface area (Å²) in [7, 11) is 0. The molecule has 1 amide bonds. The van der Waals surface area contributed by atoms with Crippen LogP contribution in [0.5, 0.6) is 0 Å². The van der Waals surface area contributed by atoms with E-state index in [9.17, 15) is 14.7 Å². The number of benzene rings is 2. The van der Waals surface area contributed by atoms with E-state index in [4.69, 9.17) is 0 Å². The number of aliphatic hydroxyl groups is 1. The number of carbonyl (C=O) groups is 2. The first-order valence-electron chi connectivity index (χ1n) is 8.81. The molecule has 1 aliphatic rings. The second kappa shape index (κ2) is 8.39. The summed E-state index contributed by atoms with van der Waals surface area (Å²) in [5.74, 6) is -1.19. The van der Waals surface area contributed by atoms with Gasteiger partial charge in [-0.15, -0.1) is 0 Å². The van der Waals surface area contributed by atoms with E-state index < -0.39 is 5.91 Å². The largest absolute Gasteiger partial charge is 0.505 e. The lowest BCUT2D eigenvalue weighted by Crippen LogP contribution is -2.11. The van der Waals surface area contributed by atoms with Gasteiger partial charge >= 0.3 is 0 Å². The minimum atomic E-state index is -0.615. The van der Waals surface area contributed by atoms with Crippen LogP contribution >= 0.6 is 0 Å². The number of ketones is 1. The summed E-state index contributed by atoms with van der Waals surface area (Å²) in [6, 6.07) is 19.6. The van der Waals surface area contributed by atoms with Gasteiger partial charge in [-0.05, 0) is 36.8 Å². The van der Waals surface area contributed by atoms with Gasteiger partial charge in [-0.1, -0.05) is 60.7 Å². The summed E-state index contributed by atoms with van der Waals surface area (Å²) in [6.45, 7) is 0. The third-order valence-electron chi connectivity index (χ3n) is 4.44. The highest BCUT2D eigenvalue weighted by Crippen LogP contribution is 2.21. The summed E-state index contributed by atoms with van der Waals surface area (Å²) in [4.78, 5) is 28.3. The molecule has 1 heterocycles. The number of allylic oxidation sites excluding steroid dienone is 1. The summed E-state index contributed by atoms with van der Waals surface area (Å²) in [6.07, 6.45) is 2.71. The third-order valence-corrected chi connectivity index (χ3v) is 4.44. The molecule has 0 bridgehead atoms. The minimum absolute atomic E-state index is 0.152. The van der Waals surface area contributed by atoms with Gasteiger partial charge in [0.25, 0.3) is 5.91 Å². The number of hydrogen-bond acceptors (Lipinski definition) is 3. The van der Waals surface area contributed by atoms with Crippen LogP contribution in [0.2, 0.25) is 0 Å². The highest BCUT2D eigenvalue weighted by atomic mass is 16.3. The van der Waals surface area contributed by atoms with Crippen molar-refractivity contribution in [2.45, 2.75) is 32.1 Å². The number of Topliss-reactive ketones (excluding diaryl/α,β-unsaturated/α-hetero) is 1. The van der Waals surface area contributed by atoms with Crippen molar-refractivity contribution in [3.05, 3.63) is 83.1 Å². The first-order valence-corrected chi connectivity index (χ1v) is 8.81. The molecule has 0 aromatic heterocycles. The van der Waals surface area contributed by atoms with Gasteiger partial charge in [0.1, 0.15) is 5.57 Å². The number of carbonyl (C=O) groups excluding carboxylic acids is 2. The zero-order chi connectivity index (χ0) is 18.4. The van der Waals surface area contributed by atoms with Crippen molar-refractivity contribution in [1.82, 2.24) is 0 Å². The molecule has 0 fully saturated rings. The van der Waals surface area contributed by atoms with E-state index in [1.807, 2.05) is 60.7 Å². The Morgan fingerprint density at radius 3 is 2.04 bits per heavy atom. The van der Waals surface area contributed by atoms with E-state index in [-0.39, 0.29) is 23.5 Å². The Hall–Kier alpha value is -3.01. The van der Waals surface area contributed by atoms with Crippen molar-refractivity contribution >= 4 is 17.4 Å². The maximum absolute atomic E-state index is 12.4. The average Bonchev–Trinajstić information content (AvgIpc) is 2.95. The lowest BCUT2D eigenvalue weighted by atomic mass is 10.0. The van der Waals surface area contributed by atoms with Gasteiger partial charge in [-0.25, -0.2) is 4.99 Å². The van der Waals surface area contributed by atoms with Crippen molar-refractivity contribution < 1.29 is 14.7 Å². The number of aryl methyl sites for hydroxylation is 2. The lowest BCUT2D eigenvalue weighted by Gasteiger charge is -2.04. The highest BCUT2D eigenvalue weighted by Gasteiger charge is 2.30. The first kappa shape index (κ1) is 17.8. The van der Waals surface area contributed by atoms with Crippen LogP contribution in [0.3, 0.4) is 0 Å². The van der Waals surface area contributed by atoms with Crippen molar-refractivity contribution in [2.75, 3.05) is 0 Å². The normalized spacial score (nSPS) is 13.8. The van der Waals surface area contributed by atoms with Crippen LogP contribution < -0.4 is 0 Å². The van der Waals surface area contributed by atoms with Gasteiger partial charge in [0, 0.05) is 6.42 Å². The van der Waals surface area contributed by atoms with E-state index in [1.54, 1.807) is 0 Å². The van der Waals surface area contributed by atoms with Gasteiger partial charge in [0.05, 0.1) is 5.71 Å². The molecule has 2 aromatic rings. The van der Waals surface area contributed by atoms with Gasteiger partial charge in [-0.3, -0.25) is 9.59 Å². The van der Waals surface area contributed by atoms with Crippen molar-refractivity contribution in [2.24, 2.45) is 4.99 Å². The summed E-state index contributed by atoms with van der Waals surface area (Å²) >= 11 is 0. The van der Waals surface area contributed by atoms with Crippen molar-refractivity contribution in [3.8, 4) is 0 Å². The van der Waals surface area contributed by atoms with E-state index in [1.165, 1.54) is 0 Å². The molecule has 0 saturated heterocycles. The average molecular weight is 347 g/mol. The molecule has 0 spiro atoms. The molecule has 4 heteroatoms. The Morgan fingerprint density at radius 1 is 0.846 bits per heavy atom. The summed E-state index contributed by atoms with van der Waals surface area (Å²) in [5.41, 5.74) is 2.40. The molecule has 0 atom stereocenters. The topological polar surface area (TPSA) is 66.7 Å². The third kappa shape index (κ3) is 4.33. The summed E-state index contributed by atoms with van der Waals surface area (Å²) in [5, 5.41) is 10.3. The van der Waals surface area contributed by atoms with Crippen LogP contribution in [0.25, 0.3) is 0 Å². The van der Waals surface area contributed by atoms with Crippen LogP contribution in [0.4, 0.5) is 0 Å². The monoisotopic (exact) mass is 347 g/mol. The molecule has 0 unspecified atom stereocenters. The van der Waals surface area contributed by atoms with E-state index in [0.717, 1.165) is 17.5 Å². The maximum atomic E-state index is 12.4. The molecule has 4 nitrogen and oxygen atoms in total. The predicted molar refractivity (Wildman–Crippen MR) is 101 cm³/mol. The van der Waals surface area contributed by atoms with Gasteiger partial charge in [0.15, 0.2) is 11.5 Å². The molecule has 1 N–H and O–H groups in total. The van der Waals surface area contributed by atoms with Gasteiger partial charge < -0.3 is 5.11 Å². The Bertz CT molecular complexity index is 851. The fourth-order valence-electron chi connectivity index (χ4n) is 3.03. The second-order valence-corrected chi connectivity index (χ2v) is 6.34. The highest BCUT2D eigenvalue weighted by molar-refractivity contribution is 6.30. The van der Waals surface area contributed by atoms with Crippen molar-refractivity contribution in [1.29, 1.82) is 0 Å². The number of amides is 1. The molecule has 2 aromatic carbocycles. The second-order valence-electron chi connectivity index (χ2n) is 6.34. The lowest BCUT2D eigenvalue weighted by molar-refractivity contribution is -0.120. The zero-order valence-corrected chi connectivity index (χ0v) is 14.5. The number of nitrogens with zero attached hydrogens (tertiary/aromatic N) is 1. The van der Waals surface area contributed by atoms with E-state index in [0.29, 0.717) is 25.0 Å². The fourth-order valence-corrected chi connectivity index (χ4v) is 3.03. The summed E-state index contributed by atoms with van der Waals surface area (Å²) < 4.78 is 0. The Morgan fingerprint density at radius 2 is 1.42 bits per heavy atom. The smallest absolute Gasteiger partial charge is 0.284 e. The quantitative estimate of drug-likeness (QED) is 0.734. The molecule has 26 heavy (non-hydrogen) atoms. The molecule has 0 saturated carbocycles. The van der Waals surface area contributed by atoms with Crippen LogP contribution in [-0.4, -0.2) is 22.5 Å². The predicted octanol–water partition coefficient (Wildman–Crippen LogP) is 4.00. The Kier molecular flexibility index (Phi) is 5.74. The molecule has 0 radical (unpaired) electrons. The fraction of sp³-hybridized carbons (Fsp3) is 0.227. The first-order chi connectivity index (χ1) is 12.6. The zero-order valence-electron chi connectivity index (χ0n) is 14.5. The van der Waals surface area contributed by atoms with Crippen molar-refractivity contribution in [3.63, 3.8) is 0 Å². The maximum Gasteiger partial charge on any atom is 0.284 e. The number of aliphatic imine (C=N–C) groups is 1. The van der Waals surface area contributed by atoms with Crippen LogP contribution in [0.15, 0.2) is 77.0 Å². The van der Waals surface area contributed by atoms with Crippen LogP contribution in [0, 0.1) is 0 Å². The Labute approximate surface area is 152 Å².